The molecule has 8 rings (SSSR count). The highest BCUT2D eigenvalue weighted by Crippen LogP contribution is 2.44. The zero-order valence-electron chi connectivity index (χ0n) is 28.8. The van der Waals surface area contributed by atoms with Crippen molar-refractivity contribution in [2.24, 2.45) is 7.05 Å². The minimum Gasteiger partial charge on any atom is -0.361 e. The van der Waals surface area contributed by atoms with Gasteiger partial charge in [-0.1, -0.05) is 17.3 Å². The van der Waals surface area contributed by atoms with Crippen LogP contribution in [0.1, 0.15) is 39.9 Å². The van der Waals surface area contributed by atoms with Crippen LogP contribution in [0.25, 0.3) is 44.2 Å². The summed E-state index contributed by atoms with van der Waals surface area (Å²) in [6, 6.07) is 10.3. The molecule has 0 N–H and O–H groups in total. The van der Waals surface area contributed by atoms with Gasteiger partial charge in [-0.3, -0.25) is 4.68 Å². The van der Waals surface area contributed by atoms with Gasteiger partial charge in [-0.15, -0.1) is 22.7 Å². The molecule has 8 aromatic heterocycles. The summed E-state index contributed by atoms with van der Waals surface area (Å²) < 4.78 is 7.45. The first-order valence-corrected chi connectivity index (χ1v) is 17.7. The minimum absolute atomic E-state index is 0.565. The topological polar surface area (TPSA) is 128 Å². The molecule has 0 atom stereocenters. The van der Waals surface area contributed by atoms with E-state index in [0.717, 1.165) is 67.3 Å². The standard InChI is InChI=1S/C36H33N11OS2/c1-18-9-11-25-27(29-13-20(3)43-45(29)8)14-37-33(31(25)39-18)46(35-41-21(4)16-49-35)47(36-42-22(5)17-50-36)34-32-26(12-10-19(2)40-32)28(15-38-34)30-23(6)44-48-24(30)7/h9-17H,1-8H3. The van der Waals surface area contributed by atoms with Gasteiger partial charge < -0.3 is 4.52 Å². The molecule has 0 unspecified atom stereocenters. The van der Waals surface area contributed by atoms with Crippen molar-refractivity contribution >= 4 is 66.4 Å². The molecule has 0 spiro atoms. The van der Waals surface area contributed by atoms with Crippen LogP contribution >= 0.6 is 22.7 Å². The van der Waals surface area contributed by atoms with Gasteiger partial charge in [0.15, 0.2) is 11.6 Å². The van der Waals surface area contributed by atoms with Crippen LogP contribution in [-0.4, -0.2) is 44.8 Å². The van der Waals surface area contributed by atoms with E-state index in [-0.39, 0.29) is 0 Å². The molecule has 8 aromatic rings. The lowest BCUT2D eigenvalue weighted by molar-refractivity contribution is 0.393. The Hall–Kier alpha value is -5.60. The highest BCUT2D eigenvalue weighted by Gasteiger charge is 2.33. The number of aryl methyl sites for hydroxylation is 8. The van der Waals surface area contributed by atoms with E-state index in [4.69, 9.17) is 34.4 Å². The summed E-state index contributed by atoms with van der Waals surface area (Å²) in [5, 5.41) is 20.0. The third-order valence-corrected chi connectivity index (χ3v) is 10.3. The van der Waals surface area contributed by atoms with Crippen molar-refractivity contribution in [1.29, 1.82) is 0 Å². The van der Waals surface area contributed by atoms with E-state index in [1.54, 1.807) is 0 Å². The van der Waals surface area contributed by atoms with Crippen molar-refractivity contribution in [1.82, 2.24) is 44.8 Å². The van der Waals surface area contributed by atoms with Gasteiger partial charge >= 0.3 is 0 Å². The fraction of sp³-hybridized carbons (Fsp3) is 0.222. The predicted molar refractivity (Wildman–Crippen MR) is 198 cm³/mol. The molecule has 0 bridgehead atoms. The molecule has 50 heavy (non-hydrogen) atoms. The molecule has 250 valence electrons. The fourth-order valence-electron chi connectivity index (χ4n) is 6.26. The summed E-state index contributed by atoms with van der Waals surface area (Å²) in [5.41, 5.74) is 10.2. The van der Waals surface area contributed by atoms with Crippen LogP contribution in [0.5, 0.6) is 0 Å². The van der Waals surface area contributed by atoms with Gasteiger partial charge in [-0.2, -0.15) is 15.1 Å². The molecule has 0 saturated carbocycles. The summed E-state index contributed by atoms with van der Waals surface area (Å²) in [6.07, 6.45) is 3.75. The maximum atomic E-state index is 5.58. The van der Waals surface area contributed by atoms with E-state index in [9.17, 15) is 0 Å². The van der Waals surface area contributed by atoms with E-state index in [2.05, 4.69) is 28.5 Å². The second-order valence-corrected chi connectivity index (χ2v) is 14.0. The van der Waals surface area contributed by atoms with E-state index >= 15 is 0 Å². The highest BCUT2D eigenvalue weighted by molar-refractivity contribution is 7.14. The summed E-state index contributed by atoms with van der Waals surface area (Å²) >= 11 is 3.02. The highest BCUT2D eigenvalue weighted by atomic mass is 32.1. The molecule has 0 radical (unpaired) electrons. The number of thiazole rings is 2. The first-order valence-electron chi connectivity index (χ1n) is 16.0. The van der Waals surface area contributed by atoms with E-state index in [1.165, 1.54) is 22.7 Å². The van der Waals surface area contributed by atoms with Crippen LogP contribution in [0.4, 0.5) is 21.9 Å². The molecule has 0 aliphatic carbocycles. The van der Waals surface area contributed by atoms with Crippen molar-refractivity contribution in [3.63, 3.8) is 0 Å². The van der Waals surface area contributed by atoms with Gasteiger partial charge in [0, 0.05) is 69.1 Å². The fourth-order valence-corrected chi connectivity index (χ4v) is 7.85. The quantitative estimate of drug-likeness (QED) is 0.148. The number of hydrogen-bond acceptors (Lipinski definition) is 13. The van der Waals surface area contributed by atoms with Crippen LogP contribution in [-0.2, 0) is 7.05 Å². The number of hydrazine groups is 1. The lowest BCUT2D eigenvalue weighted by Crippen LogP contribution is -2.37. The lowest BCUT2D eigenvalue weighted by atomic mass is 10.0. The van der Waals surface area contributed by atoms with E-state index < -0.39 is 0 Å². The Bertz CT molecular complexity index is 2560. The molecule has 0 amide bonds. The number of anilines is 4. The third kappa shape index (κ3) is 5.27. The second kappa shape index (κ2) is 12.1. The normalized spacial score (nSPS) is 11.6. The minimum atomic E-state index is 0.565. The summed E-state index contributed by atoms with van der Waals surface area (Å²) in [6.45, 7) is 13.8. The number of hydrogen-bond donors (Lipinski definition) is 0. The summed E-state index contributed by atoms with van der Waals surface area (Å²) in [4.78, 5) is 30.6. The molecule has 14 heteroatoms. The van der Waals surface area contributed by atoms with E-state index in [0.29, 0.717) is 38.7 Å². The Kier molecular flexibility index (Phi) is 7.64. The Morgan fingerprint density at radius 3 is 1.64 bits per heavy atom. The summed E-state index contributed by atoms with van der Waals surface area (Å²) in [5.74, 6) is 1.85. The van der Waals surface area contributed by atoms with Gasteiger partial charge in [-0.25, -0.2) is 29.9 Å². The zero-order chi connectivity index (χ0) is 34.8. The molecular formula is C36H33N11OS2. The molecule has 0 aromatic carbocycles. The Labute approximate surface area is 296 Å². The molecule has 0 aliphatic rings. The first-order chi connectivity index (χ1) is 24.1. The predicted octanol–water partition coefficient (Wildman–Crippen LogP) is 8.59. The zero-order valence-corrected chi connectivity index (χ0v) is 30.5. The smallest absolute Gasteiger partial charge is 0.211 e. The number of rotatable bonds is 7. The molecule has 8 heterocycles. The molecule has 0 saturated heterocycles. The largest absolute Gasteiger partial charge is 0.361 e. The van der Waals surface area contributed by atoms with Crippen LogP contribution in [0.15, 0.2) is 58.0 Å². The molecule has 12 nitrogen and oxygen atoms in total. The number of fused-ring (bicyclic) bond motifs is 2. The van der Waals surface area contributed by atoms with E-state index in [1.807, 2.05) is 106 Å². The van der Waals surface area contributed by atoms with Crippen molar-refractivity contribution in [3.8, 4) is 22.4 Å². The molecule has 0 aliphatic heterocycles. The van der Waals surface area contributed by atoms with Gasteiger partial charge in [0.05, 0.1) is 28.5 Å². The second-order valence-electron chi connectivity index (χ2n) is 12.3. The third-order valence-electron chi connectivity index (χ3n) is 8.46. The maximum Gasteiger partial charge on any atom is 0.211 e. The average molecular weight is 700 g/mol. The maximum absolute atomic E-state index is 5.58. The Morgan fingerprint density at radius 1 is 0.640 bits per heavy atom. The monoisotopic (exact) mass is 699 g/mol. The van der Waals surface area contributed by atoms with Crippen molar-refractivity contribution in [2.45, 2.75) is 48.5 Å². The Balaban J connectivity index is 1.45. The van der Waals surface area contributed by atoms with Crippen molar-refractivity contribution < 1.29 is 4.52 Å². The number of nitrogens with zero attached hydrogens (tertiary/aromatic N) is 11. The Morgan fingerprint density at radius 2 is 1.18 bits per heavy atom. The van der Waals surface area contributed by atoms with Crippen LogP contribution < -0.4 is 10.0 Å². The lowest BCUT2D eigenvalue weighted by Gasteiger charge is -2.33. The van der Waals surface area contributed by atoms with Gasteiger partial charge in [0.2, 0.25) is 10.3 Å². The van der Waals surface area contributed by atoms with Crippen LogP contribution in [0.2, 0.25) is 0 Å². The van der Waals surface area contributed by atoms with Crippen LogP contribution in [0.3, 0.4) is 0 Å². The van der Waals surface area contributed by atoms with Gasteiger partial charge in [0.25, 0.3) is 0 Å². The number of pyridine rings is 4. The van der Waals surface area contributed by atoms with Crippen LogP contribution in [0, 0.1) is 48.5 Å². The molecule has 0 fully saturated rings. The summed E-state index contributed by atoms with van der Waals surface area (Å²) in [7, 11) is 1.94. The van der Waals surface area contributed by atoms with Crippen molar-refractivity contribution in [3.05, 3.63) is 93.4 Å². The van der Waals surface area contributed by atoms with Crippen molar-refractivity contribution in [2.75, 3.05) is 10.0 Å². The van der Waals surface area contributed by atoms with Gasteiger partial charge in [0.1, 0.15) is 16.8 Å². The first kappa shape index (κ1) is 31.7. The average Bonchev–Trinajstić information content (AvgIpc) is 3.87. The van der Waals surface area contributed by atoms with Gasteiger partial charge in [-0.05, 0) is 66.7 Å². The molecular weight excluding hydrogens is 667 g/mol. The number of aromatic nitrogens is 9. The SMILES string of the molecule is Cc1csc(N(c2ncc(-c3c(C)noc3C)c3ccc(C)nc23)N(c2nc(C)cs2)c2ncc(-c3cc(C)nn3C)c3ccc(C)nc23)n1.